The molecule has 5 nitrogen and oxygen atoms in total. The zero-order chi connectivity index (χ0) is 18.0. The van der Waals surface area contributed by atoms with E-state index in [0.29, 0.717) is 34.3 Å². The quantitative estimate of drug-likeness (QED) is 0.852. The van der Waals surface area contributed by atoms with Gasteiger partial charge in [-0.25, -0.2) is 8.42 Å². The van der Waals surface area contributed by atoms with Crippen LogP contribution >= 0.6 is 22.9 Å². The highest BCUT2D eigenvalue weighted by atomic mass is 35.5. The number of amides is 1. The minimum absolute atomic E-state index is 0.170. The van der Waals surface area contributed by atoms with Crippen LogP contribution in [-0.4, -0.2) is 31.7 Å². The topological polar surface area (TPSA) is 66.5 Å². The number of aryl methyl sites for hydroxylation is 1. The molecule has 0 saturated carbocycles. The lowest BCUT2D eigenvalue weighted by Crippen LogP contribution is -2.43. The van der Waals surface area contributed by atoms with Gasteiger partial charge in [0.05, 0.1) is 5.92 Å². The Morgan fingerprint density at radius 2 is 2.16 bits per heavy atom. The Morgan fingerprint density at radius 1 is 1.36 bits per heavy atom. The van der Waals surface area contributed by atoms with Crippen LogP contribution in [0.3, 0.4) is 0 Å². The fourth-order valence-corrected chi connectivity index (χ4v) is 5.72. The van der Waals surface area contributed by atoms with Gasteiger partial charge in [-0.15, -0.1) is 11.3 Å². The second kappa shape index (κ2) is 7.45. The summed E-state index contributed by atoms with van der Waals surface area (Å²) < 4.78 is 27.1. The molecule has 1 aromatic carbocycles. The SMILES string of the molecule is Cc1ccc(Cl)cc1NC(=O)[C@H]1CCCN(S(=O)(=O)c2cccs2)C1. The molecule has 2 aromatic rings. The third-order valence-corrected chi connectivity index (χ3v) is 7.77. The van der Waals surface area contributed by atoms with E-state index in [-0.39, 0.29) is 18.4 Å². The van der Waals surface area contributed by atoms with Crippen LogP contribution in [0, 0.1) is 12.8 Å². The van der Waals surface area contributed by atoms with Crippen LogP contribution in [0.1, 0.15) is 18.4 Å². The minimum atomic E-state index is -3.52. The summed E-state index contributed by atoms with van der Waals surface area (Å²) in [5.41, 5.74) is 1.58. The number of rotatable bonds is 4. The van der Waals surface area contributed by atoms with Gasteiger partial charge in [-0.3, -0.25) is 4.79 Å². The standard InChI is InChI=1S/C17H19ClN2O3S2/c1-12-6-7-14(18)10-15(12)19-17(21)13-4-2-8-20(11-13)25(22,23)16-5-3-9-24-16/h3,5-7,9-10,13H,2,4,8,11H2,1H3,(H,19,21)/t13-/m0/s1. The highest BCUT2D eigenvalue weighted by Gasteiger charge is 2.33. The molecule has 0 unspecified atom stereocenters. The maximum atomic E-state index is 12.7. The molecular weight excluding hydrogens is 380 g/mol. The lowest BCUT2D eigenvalue weighted by molar-refractivity contribution is -0.120. The lowest BCUT2D eigenvalue weighted by Gasteiger charge is -2.30. The van der Waals surface area contributed by atoms with Crippen molar-refractivity contribution in [1.29, 1.82) is 0 Å². The third kappa shape index (κ3) is 4.06. The van der Waals surface area contributed by atoms with E-state index in [9.17, 15) is 13.2 Å². The van der Waals surface area contributed by atoms with Crippen LogP contribution in [0.4, 0.5) is 5.69 Å². The van der Waals surface area contributed by atoms with Gasteiger partial charge in [-0.1, -0.05) is 23.7 Å². The molecule has 1 aliphatic rings. The summed E-state index contributed by atoms with van der Waals surface area (Å²) in [5.74, 6) is -0.543. The number of benzene rings is 1. The van der Waals surface area contributed by atoms with E-state index in [4.69, 9.17) is 11.6 Å². The minimum Gasteiger partial charge on any atom is -0.326 e. The average molecular weight is 399 g/mol. The zero-order valence-corrected chi connectivity index (χ0v) is 16.1. The molecule has 0 aliphatic carbocycles. The van der Waals surface area contributed by atoms with Gasteiger partial charge in [0.25, 0.3) is 10.0 Å². The van der Waals surface area contributed by atoms with Gasteiger partial charge in [-0.2, -0.15) is 4.31 Å². The van der Waals surface area contributed by atoms with E-state index in [2.05, 4.69) is 5.32 Å². The number of nitrogens with one attached hydrogen (secondary N) is 1. The molecule has 0 radical (unpaired) electrons. The van der Waals surface area contributed by atoms with E-state index >= 15 is 0 Å². The summed E-state index contributed by atoms with van der Waals surface area (Å²) in [5, 5.41) is 5.17. The van der Waals surface area contributed by atoms with Crippen molar-refractivity contribution in [2.24, 2.45) is 5.92 Å². The van der Waals surface area contributed by atoms with Gasteiger partial charge in [-0.05, 0) is 48.9 Å². The van der Waals surface area contributed by atoms with Gasteiger partial charge in [0.2, 0.25) is 5.91 Å². The molecule has 3 rings (SSSR count). The monoisotopic (exact) mass is 398 g/mol. The van der Waals surface area contributed by atoms with E-state index in [1.807, 2.05) is 13.0 Å². The van der Waals surface area contributed by atoms with E-state index in [1.54, 1.807) is 29.6 Å². The Kier molecular flexibility index (Phi) is 5.48. The lowest BCUT2D eigenvalue weighted by atomic mass is 9.98. The van der Waals surface area contributed by atoms with Crippen LogP contribution in [-0.2, 0) is 14.8 Å². The number of nitrogens with zero attached hydrogens (tertiary/aromatic N) is 1. The van der Waals surface area contributed by atoms with Gasteiger partial charge >= 0.3 is 0 Å². The molecule has 0 spiro atoms. The number of carbonyl (C=O) groups excluding carboxylic acids is 1. The first-order valence-corrected chi connectivity index (χ1v) is 10.7. The van der Waals surface area contributed by atoms with Crippen LogP contribution in [0.5, 0.6) is 0 Å². The van der Waals surface area contributed by atoms with Crippen molar-refractivity contribution in [3.8, 4) is 0 Å². The Bertz CT molecular complexity index is 866. The first-order valence-electron chi connectivity index (χ1n) is 7.98. The van der Waals surface area contributed by atoms with Crippen LogP contribution < -0.4 is 5.32 Å². The molecule has 1 N–H and O–H groups in total. The summed E-state index contributed by atoms with van der Waals surface area (Å²) in [7, 11) is -3.52. The number of halogens is 1. The highest BCUT2D eigenvalue weighted by molar-refractivity contribution is 7.91. The number of hydrogen-bond donors (Lipinski definition) is 1. The van der Waals surface area contributed by atoms with Gasteiger partial charge in [0, 0.05) is 23.8 Å². The molecule has 2 heterocycles. The zero-order valence-electron chi connectivity index (χ0n) is 13.7. The maximum Gasteiger partial charge on any atom is 0.252 e. The molecule has 8 heteroatoms. The van der Waals surface area contributed by atoms with Crippen molar-refractivity contribution in [2.75, 3.05) is 18.4 Å². The van der Waals surface area contributed by atoms with Crippen molar-refractivity contribution >= 4 is 44.6 Å². The molecule has 134 valence electrons. The number of anilines is 1. The van der Waals surface area contributed by atoms with Crippen LogP contribution in [0.25, 0.3) is 0 Å². The molecule has 1 aromatic heterocycles. The second-order valence-electron chi connectivity index (χ2n) is 6.08. The molecular formula is C17H19ClN2O3S2. The predicted octanol–water partition coefficient (Wildman–Crippen LogP) is 3.75. The van der Waals surface area contributed by atoms with Crippen molar-refractivity contribution in [2.45, 2.75) is 24.0 Å². The van der Waals surface area contributed by atoms with Crippen LogP contribution in [0.15, 0.2) is 39.9 Å². The summed E-state index contributed by atoms with van der Waals surface area (Å²) in [6.45, 7) is 2.53. The van der Waals surface area contributed by atoms with Crippen molar-refractivity contribution in [1.82, 2.24) is 4.31 Å². The molecule has 1 aliphatic heterocycles. The Balaban J connectivity index is 1.73. The highest BCUT2D eigenvalue weighted by Crippen LogP contribution is 2.28. The Labute approximate surface area is 156 Å². The first kappa shape index (κ1) is 18.4. The largest absolute Gasteiger partial charge is 0.326 e. The van der Waals surface area contributed by atoms with Crippen molar-refractivity contribution < 1.29 is 13.2 Å². The summed E-state index contributed by atoms with van der Waals surface area (Å²) in [6, 6.07) is 8.62. The molecule has 1 amide bonds. The van der Waals surface area contributed by atoms with Gasteiger partial charge in [0.15, 0.2) is 0 Å². The van der Waals surface area contributed by atoms with E-state index in [1.165, 1.54) is 15.6 Å². The average Bonchev–Trinajstić information content (AvgIpc) is 3.13. The second-order valence-corrected chi connectivity index (χ2v) is 9.63. The molecule has 1 saturated heterocycles. The summed E-state index contributed by atoms with van der Waals surface area (Å²) >= 11 is 7.18. The normalized spacial score (nSPS) is 18.9. The number of hydrogen-bond acceptors (Lipinski definition) is 4. The molecule has 1 fully saturated rings. The maximum absolute atomic E-state index is 12.7. The predicted molar refractivity (Wildman–Crippen MR) is 101 cm³/mol. The number of thiophene rings is 1. The van der Waals surface area contributed by atoms with E-state index in [0.717, 1.165) is 5.56 Å². The Morgan fingerprint density at radius 3 is 2.88 bits per heavy atom. The molecule has 25 heavy (non-hydrogen) atoms. The molecule has 1 atom stereocenters. The number of carbonyl (C=O) groups is 1. The summed E-state index contributed by atoms with van der Waals surface area (Å²) in [6.07, 6.45) is 1.33. The van der Waals surface area contributed by atoms with Crippen molar-refractivity contribution in [3.05, 3.63) is 46.3 Å². The smallest absolute Gasteiger partial charge is 0.252 e. The fourth-order valence-electron chi connectivity index (χ4n) is 2.88. The van der Waals surface area contributed by atoms with E-state index < -0.39 is 10.0 Å². The van der Waals surface area contributed by atoms with Gasteiger partial charge in [0.1, 0.15) is 4.21 Å². The van der Waals surface area contributed by atoms with Crippen molar-refractivity contribution in [3.63, 3.8) is 0 Å². The summed E-state index contributed by atoms with van der Waals surface area (Å²) in [4.78, 5) is 12.6. The van der Waals surface area contributed by atoms with Crippen LogP contribution in [0.2, 0.25) is 5.02 Å². The third-order valence-electron chi connectivity index (χ3n) is 4.30. The Hall–Kier alpha value is -1.41. The number of sulfonamides is 1. The molecule has 0 bridgehead atoms. The fraction of sp³-hybridized carbons (Fsp3) is 0.353. The first-order chi connectivity index (χ1) is 11.9. The van der Waals surface area contributed by atoms with Gasteiger partial charge < -0.3 is 5.32 Å². The number of piperidine rings is 1.